The van der Waals surface area contributed by atoms with Gasteiger partial charge in [-0.05, 0) is 72.6 Å². The zero-order valence-corrected chi connectivity index (χ0v) is 9.97. The van der Waals surface area contributed by atoms with Gasteiger partial charge in [0.1, 0.15) is 0 Å². The SMILES string of the molecule is CNc1c2c(cc3c1CC1CC3C1)CCC2. The predicted octanol–water partition coefficient (Wildman–Crippen LogP) is 3.27. The van der Waals surface area contributed by atoms with Crippen LogP contribution in [0.1, 0.15) is 47.4 Å². The molecule has 4 aliphatic carbocycles. The van der Waals surface area contributed by atoms with Gasteiger partial charge in [0.05, 0.1) is 0 Å². The van der Waals surface area contributed by atoms with Crippen LogP contribution in [0.4, 0.5) is 5.69 Å². The summed E-state index contributed by atoms with van der Waals surface area (Å²) < 4.78 is 0. The molecule has 1 aromatic rings. The average Bonchev–Trinajstić information content (AvgIpc) is 2.70. The van der Waals surface area contributed by atoms with Crippen LogP contribution in [-0.4, -0.2) is 7.05 Å². The van der Waals surface area contributed by atoms with Gasteiger partial charge in [0.25, 0.3) is 0 Å². The molecule has 0 saturated heterocycles. The molecule has 1 fully saturated rings. The second-order valence-corrected chi connectivity index (χ2v) is 5.80. The highest BCUT2D eigenvalue weighted by atomic mass is 14.8. The number of anilines is 1. The molecule has 16 heavy (non-hydrogen) atoms. The lowest BCUT2D eigenvalue weighted by atomic mass is 9.62. The molecule has 0 aliphatic heterocycles. The Hall–Kier alpha value is -0.980. The second-order valence-electron chi connectivity index (χ2n) is 5.80. The minimum atomic E-state index is 0.909. The third-order valence-corrected chi connectivity index (χ3v) is 4.96. The molecular weight excluding hydrogens is 194 g/mol. The summed E-state index contributed by atoms with van der Waals surface area (Å²) in [4.78, 5) is 0. The Morgan fingerprint density at radius 3 is 2.88 bits per heavy atom. The van der Waals surface area contributed by atoms with E-state index in [9.17, 15) is 0 Å². The van der Waals surface area contributed by atoms with Crippen molar-refractivity contribution in [1.29, 1.82) is 0 Å². The van der Waals surface area contributed by atoms with Gasteiger partial charge in [-0.1, -0.05) is 6.07 Å². The molecule has 1 heteroatoms. The first-order valence-electron chi connectivity index (χ1n) is 6.72. The van der Waals surface area contributed by atoms with E-state index in [1.165, 1.54) is 44.2 Å². The van der Waals surface area contributed by atoms with Crippen LogP contribution in [-0.2, 0) is 19.3 Å². The molecule has 0 atom stereocenters. The molecule has 84 valence electrons. The van der Waals surface area contributed by atoms with Gasteiger partial charge in [-0.2, -0.15) is 0 Å². The lowest BCUT2D eigenvalue weighted by molar-refractivity contribution is 0.238. The Kier molecular flexibility index (Phi) is 1.72. The van der Waals surface area contributed by atoms with Crippen molar-refractivity contribution in [1.82, 2.24) is 0 Å². The highest BCUT2D eigenvalue weighted by molar-refractivity contribution is 5.66. The Balaban J connectivity index is 1.96. The first-order chi connectivity index (χ1) is 7.86. The summed E-state index contributed by atoms with van der Waals surface area (Å²) >= 11 is 0. The third-order valence-electron chi connectivity index (χ3n) is 4.96. The van der Waals surface area contributed by atoms with E-state index < -0.39 is 0 Å². The van der Waals surface area contributed by atoms with Crippen LogP contribution in [0.2, 0.25) is 0 Å². The third kappa shape index (κ3) is 1.02. The fraction of sp³-hybridized carbons (Fsp3) is 0.600. The van der Waals surface area contributed by atoms with Crippen molar-refractivity contribution in [3.05, 3.63) is 28.3 Å². The van der Waals surface area contributed by atoms with Crippen molar-refractivity contribution in [3.8, 4) is 0 Å². The average molecular weight is 213 g/mol. The number of hydrogen-bond donors (Lipinski definition) is 1. The monoisotopic (exact) mass is 213 g/mol. The van der Waals surface area contributed by atoms with Gasteiger partial charge >= 0.3 is 0 Å². The summed E-state index contributed by atoms with van der Waals surface area (Å²) in [5.41, 5.74) is 8.18. The molecule has 4 aliphatic rings. The highest BCUT2D eigenvalue weighted by Crippen LogP contribution is 2.53. The molecule has 0 spiro atoms. The van der Waals surface area contributed by atoms with Crippen LogP contribution in [0.15, 0.2) is 6.07 Å². The normalized spacial score (nSPS) is 29.3. The molecule has 0 radical (unpaired) electrons. The molecule has 1 saturated carbocycles. The van der Waals surface area contributed by atoms with Crippen molar-refractivity contribution >= 4 is 5.69 Å². The summed E-state index contributed by atoms with van der Waals surface area (Å²) in [7, 11) is 2.11. The zero-order valence-electron chi connectivity index (χ0n) is 9.97. The van der Waals surface area contributed by atoms with E-state index in [1.807, 2.05) is 0 Å². The quantitative estimate of drug-likeness (QED) is 0.755. The number of nitrogens with one attached hydrogen (secondary N) is 1. The number of hydrogen-bond acceptors (Lipinski definition) is 1. The Bertz CT molecular complexity index is 455. The molecule has 1 N–H and O–H groups in total. The van der Waals surface area contributed by atoms with Gasteiger partial charge in [-0.15, -0.1) is 0 Å². The maximum absolute atomic E-state index is 3.50. The Labute approximate surface area is 97.2 Å². The van der Waals surface area contributed by atoms with E-state index in [0.29, 0.717) is 0 Å². The maximum atomic E-state index is 3.50. The second kappa shape index (κ2) is 3.03. The molecule has 0 aromatic heterocycles. The summed E-state index contributed by atoms with van der Waals surface area (Å²) in [5, 5.41) is 3.50. The largest absolute Gasteiger partial charge is 0.388 e. The molecule has 0 unspecified atom stereocenters. The first-order valence-corrected chi connectivity index (χ1v) is 6.72. The van der Waals surface area contributed by atoms with Crippen LogP contribution in [0.25, 0.3) is 0 Å². The van der Waals surface area contributed by atoms with Gasteiger partial charge in [-0.3, -0.25) is 0 Å². The number of rotatable bonds is 1. The summed E-state index contributed by atoms with van der Waals surface area (Å²) in [6.45, 7) is 0. The lowest BCUT2D eigenvalue weighted by Gasteiger charge is -2.44. The van der Waals surface area contributed by atoms with E-state index in [2.05, 4.69) is 18.4 Å². The molecule has 5 rings (SSSR count). The van der Waals surface area contributed by atoms with Crippen molar-refractivity contribution in [2.24, 2.45) is 5.92 Å². The maximum Gasteiger partial charge on any atom is 0.0408 e. The topological polar surface area (TPSA) is 12.0 Å². The minimum absolute atomic E-state index is 0.909. The van der Waals surface area contributed by atoms with Crippen molar-refractivity contribution in [3.63, 3.8) is 0 Å². The van der Waals surface area contributed by atoms with E-state index in [4.69, 9.17) is 0 Å². The van der Waals surface area contributed by atoms with E-state index >= 15 is 0 Å². The van der Waals surface area contributed by atoms with Gasteiger partial charge in [-0.25, -0.2) is 0 Å². The van der Waals surface area contributed by atoms with Crippen molar-refractivity contribution in [2.45, 2.75) is 44.4 Å². The van der Waals surface area contributed by atoms with Crippen LogP contribution in [0.5, 0.6) is 0 Å². The fourth-order valence-electron chi connectivity index (χ4n) is 4.14. The lowest BCUT2D eigenvalue weighted by Crippen LogP contribution is -2.31. The fourth-order valence-corrected chi connectivity index (χ4v) is 4.14. The van der Waals surface area contributed by atoms with Gasteiger partial charge in [0.15, 0.2) is 0 Å². The van der Waals surface area contributed by atoms with Crippen LogP contribution in [0, 0.1) is 5.92 Å². The predicted molar refractivity (Wildman–Crippen MR) is 67.2 cm³/mol. The van der Waals surface area contributed by atoms with Gasteiger partial charge < -0.3 is 5.32 Å². The molecule has 1 nitrogen and oxygen atoms in total. The summed E-state index contributed by atoms with van der Waals surface area (Å²) in [6, 6.07) is 2.55. The van der Waals surface area contributed by atoms with Crippen LogP contribution >= 0.6 is 0 Å². The smallest absolute Gasteiger partial charge is 0.0408 e. The molecular formula is C15H19N. The molecule has 0 heterocycles. The van der Waals surface area contributed by atoms with E-state index in [0.717, 1.165) is 11.8 Å². The minimum Gasteiger partial charge on any atom is -0.388 e. The first kappa shape index (κ1) is 9.09. The molecule has 0 amide bonds. The van der Waals surface area contributed by atoms with Crippen molar-refractivity contribution in [2.75, 3.05) is 12.4 Å². The molecule has 1 aromatic carbocycles. The summed E-state index contributed by atoms with van der Waals surface area (Å²) in [5.74, 6) is 1.91. The number of fused-ring (bicyclic) bond motifs is 1. The highest BCUT2D eigenvalue weighted by Gasteiger charge is 2.39. The number of aryl methyl sites for hydroxylation is 1. The summed E-state index contributed by atoms with van der Waals surface area (Å²) in [6.07, 6.45) is 8.25. The Morgan fingerprint density at radius 2 is 2.06 bits per heavy atom. The van der Waals surface area contributed by atoms with Crippen LogP contribution < -0.4 is 5.32 Å². The molecule has 2 bridgehead atoms. The van der Waals surface area contributed by atoms with E-state index in [-0.39, 0.29) is 0 Å². The van der Waals surface area contributed by atoms with E-state index in [1.54, 1.807) is 22.3 Å². The van der Waals surface area contributed by atoms with Crippen molar-refractivity contribution < 1.29 is 0 Å². The van der Waals surface area contributed by atoms with Gasteiger partial charge in [0.2, 0.25) is 0 Å². The Morgan fingerprint density at radius 1 is 1.19 bits per heavy atom. The van der Waals surface area contributed by atoms with Crippen LogP contribution in [0.3, 0.4) is 0 Å². The van der Waals surface area contributed by atoms with Gasteiger partial charge in [0, 0.05) is 12.7 Å². The standard InChI is InChI=1S/C15H19N/c1-16-15-12-4-2-3-10(12)8-13-11-5-9(6-11)7-14(13)15/h8-9,11,16H,2-7H2,1H3. The zero-order chi connectivity index (χ0) is 10.7. The number of benzene rings is 1.